The number of nitrogens with two attached hydrogens (primary N) is 1. The Labute approximate surface area is 228 Å². The molecule has 2 aromatic heterocycles. The highest BCUT2D eigenvalue weighted by Gasteiger charge is 2.20. The Hall–Kier alpha value is -3.67. The van der Waals surface area contributed by atoms with Crippen molar-refractivity contribution in [3.63, 3.8) is 0 Å². The number of hydrogen-bond donors (Lipinski definition) is 3. The standard InChI is InChI=1S/C28H33N7O3S/c29-22-4-2-10-35(17-22)24-5-1-3-20(15-24)18-39(36,37)33-23-8-6-21(7-9-23)26-16-25-27(32-26)30-19-31-28(25)34-11-13-38-14-12-34/h1,3,5-9,15-16,19,22,33H,2,4,10-14,17-18,29H2,(H,30,31,32). The molecule has 39 heavy (non-hydrogen) atoms. The first-order valence-electron chi connectivity index (χ1n) is 13.3. The van der Waals surface area contributed by atoms with Gasteiger partial charge in [-0.25, -0.2) is 18.4 Å². The molecule has 1 atom stereocenters. The minimum absolute atomic E-state index is 0.104. The van der Waals surface area contributed by atoms with Crippen LogP contribution in [0.15, 0.2) is 60.9 Å². The molecule has 0 aliphatic carbocycles. The first kappa shape index (κ1) is 25.6. The molecule has 204 valence electrons. The van der Waals surface area contributed by atoms with E-state index in [1.54, 1.807) is 18.5 Å². The van der Waals surface area contributed by atoms with Gasteiger partial charge in [0.05, 0.1) is 24.4 Å². The molecule has 10 nitrogen and oxygen atoms in total. The number of H-pyrrole nitrogens is 1. The lowest BCUT2D eigenvalue weighted by Crippen LogP contribution is -2.42. The van der Waals surface area contributed by atoms with Gasteiger partial charge in [-0.2, -0.15) is 0 Å². The molecular formula is C28H33N7O3S. The summed E-state index contributed by atoms with van der Waals surface area (Å²) >= 11 is 0. The van der Waals surface area contributed by atoms with Crippen LogP contribution >= 0.6 is 0 Å². The van der Waals surface area contributed by atoms with Crippen LogP contribution in [-0.4, -0.2) is 68.8 Å². The summed E-state index contributed by atoms with van der Waals surface area (Å²) in [5, 5.41) is 0.952. The Bertz CT molecular complexity index is 1550. The van der Waals surface area contributed by atoms with Gasteiger partial charge in [-0.3, -0.25) is 4.72 Å². The third-order valence-corrected chi connectivity index (χ3v) is 8.53. The van der Waals surface area contributed by atoms with Gasteiger partial charge in [0.15, 0.2) is 0 Å². The maximum absolute atomic E-state index is 13.0. The molecule has 11 heteroatoms. The van der Waals surface area contributed by atoms with Crippen LogP contribution in [0, 0.1) is 0 Å². The van der Waals surface area contributed by atoms with Gasteiger partial charge in [0.1, 0.15) is 17.8 Å². The van der Waals surface area contributed by atoms with Crippen molar-refractivity contribution in [3.05, 3.63) is 66.5 Å². The van der Waals surface area contributed by atoms with E-state index in [-0.39, 0.29) is 11.8 Å². The highest BCUT2D eigenvalue weighted by atomic mass is 32.2. The van der Waals surface area contributed by atoms with Crippen molar-refractivity contribution in [1.29, 1.82) is 0 Å². The predicted octanol–water partition coefficient (Wildman–Crippen LogP) is 3.33. The molecule has 2 fully saturated rings. The minimum Gasteiger partial charge on any atom is -0.378 e. The van der Waals surface area contributed by atoms with Crippen LogP contribution in [0.2, 0.25) is 0 Å². The molecule has 0 bridgehead atoms. The normalized spacial score (nSPS) is 18.4. The van der Waals surface area contributed by atoms with E-state index in [1.807, 2.05) is 42.5 Å². The maximum atomic E-state index is 13.0. The molecule has 6 rings (SSSR count). The fourth-order valence-corrected chi connectivity index (χ4v) is 6.54. The smallest absolute Gasteiger partial charge is 0.236 e. The van der Waals surface area contributed by atoms with Crippen molar-refractivity contribution in [2.24, 2.45) is 5.73 Å². The number of benzene rings is 2. The van der Waals surface area contributed by atoms with Crippen LogP contribution in [0.25, 0.3) is 22.3 Å². The number of anilines is 3. The number of ether oxygens (including phenoxy) is 1. The summed E-state index contributed by atoms with van der Waals surface area (Å²) in [5.41, 5.74) is 11.0. The summed E-state index contributed by atoms with van der Waals surface area (Å²) in [4.78, 5) is 16.7. The Balaban J connectivity index is 1.15. The minimum atomic E-state index is -3.60. The molecule has 2 aliphatic rings. The average molecular weight is 548 g/mol. The molecule has 2 aromatic carbocycles. The van der Waals surface area contributed by atoms with E-state index in [9.17, 15) is 8.42 Å². The van der Waals surface area contributed by atoms with Crippen molar-refractivity contribution in [2.45, 2.75) is 24.6 Å². The van der Waals surface area contributed by atoms with Crippen LogP contribution < -0.4 is 20.3 Å². The fraction of sp³-hybridized carbons (Fsp3) is 0.357. The second-order valence-corrected chi connectivity index (χ2v) is 11.9. The van der Waals surface area contributed by atoms with E-state index in [0.717, 1.165) is 78.4 Å². The van der Waals surface area contributed by atoms with Crippen molar-refractivity contribution in [2.75, 3.05) is 53.9 Å². The van der Waals surface area contributed by atoms with E-state index in [1.165, 1.54) is 0 Å². The summed E-state index contributed by atoms with van der Waals surface area (Å²) in [5.74, 6) is 0.787. The number of aromatic amines is 1. The van der Waals surface area contributed by atoms with Crippen molar-refractivity contribution < 1.29 is 13.2 Å². The van der Waals surface area contributed by atoms with Crippen molar-refractivity contribution in [3.8, 4) is 11.3 Å². The van der Waals surface area contributed by atoms with Gasteiger partial charge in [-0.15, -0.1) is 0 Å². The molecule has 0 amide bonds. The first-order chi connectivity index (χ1) is 18.9. The molecule has 2 saturated heterocycles. The van der Waals surface area contributed by atoms with Crippen LogP contribution in [-0.2, 0) is 20.5 Å². The first-order valence-corrected chi connectivity index (χ1v) is 15.0. The summed E-state index contributed by atoms with van der Waals surface area (Å²) in [7, 11) is -3.60. The van der Waals surface area contributed by atoms with E-state index in [4.69, 9.17) is 10.5 Å². The fourth-order valence-electron chi connectivity index (χ4n) is 5.35. The van der Waals surface area contributed by atoms with Crippen LogP contribution in [0.1, 0.15) is 18.4 Å². The van der Waals surface area contributed by atoms with Gasteiger partial charge >= 0.3 is 0 Å². The number of nitrogens with zero attached hydrogens (tertiary/aromatic N) is 4. The monoisotopic (exact) mass is 547 g/mol. The SMILES string of the molecule is NC1CCCN(c2cccc(CS(=O)(=O)Nc3ccc(-c4cc5c(N6CCOCC6)ncnc5[nH]4)cc3)c2)C1. The second-order valence-electron chi connectivity index (χ2n) is 10.2. The number of rotatable bonds is 7. The third-order valence-electron chi connectivity index (χ3n) is 7.27. The van der Waals surface area contributed by atoms with Gasteiger partial charge in [0.2, 0.25) is 10.0 Å². The lowest BCUT2D eigenvalue weighted by Gasteiger charge is -2.32. The molecule has 0 saturated carbocycles. The topological polar surface area (TPSA) is 129 Å². The van der Waals surface area contributed by atoms with Gasteiger partial charge in [-0.05, 0) is 54.3 Å². The van der Waals surface area contributed by atoms with Gasteiger partial charge in [0.25, 0.3) is 0 Å². The van der Waals surface area contributed by atoms with Gasteiger partial charge < -0.3 is 25.3 Å². The number of morpholine rings is 1. The van der Waals surface area contributed by atoms with Gasteiger partial charge in [0, 0.05) is 49.3 Å². The number of piperidine rings is 1. The molecule has 4 aromatic rings. The third kappa shape index (κ3) is 5.85. The number of sulfonamides is 1. The highest BCUT2D eigenvalue weighted by Crippen LogP contribution is 2.30. The number of aromatic nitrogens is 3. The summed E-state index contributed by atoms with van der Waals surface area (Å²) in [6, 6.07) is 17.3. The summed E-state index contributed by atoms with van der Waals surface area (Å²) in [6.45, 7) is 4.66. The quantitative estimate of drug-likeness (QED) is 0.321. The lowest BCUT2D eigenvalue weighted by atomic mass is 10.1. The van der Waals surface area contributed by atoms with E-state index in [2.05, 4.69) is 29.5 Å². The molecular weight excluding hydrogens is 514 g/mol. The Kier molecular flexibility index (Phi) is 7.11. The Morgan fingerprint density at radius 2 is 1.85 bits per heavy atom. The van der Waals surface area contributed by atoms with E-state index in [0.29, 0.717) is 18.9 Å². The molecule has 4 N–H and O–H groups in total. The van der Waals surface area contributed by atoms with Crippen LogP contribution in [0.3, 0.4) is 0 Å². The summed E-state index contributed by atoms with van der Waals surface area (Å²) < 4.78 is 34.2. The summed E-state index contributed by atoms with van der Waals surface area (Å²) in [6.07, 6.45) is 3.64. The predicted molar refractivity (Wildman–Crippen MR) is 154 cm³/mol. The van der Waals surface area contributed by atoms with Crippen LogP contribution in [0.4, 0.5) is 17.2 Å². The zero-order chi connectivity index (χ0) is 26.8. The molecule has 4 heterocycles. The van der Waals surface area contributed by atoms with Crippen molar-refractivity contribution >= 4 is 38.2 Å². The number of fused-ring (bicyclic) bond motifs is 1. The average Bonchev–Trinajstić information content (AvgIpc) is 3.38. The molecule has 1 unspecified atom stereocenters. The lowest BCUT2D eigenvalue weighted by molar-refractivity contribution is 0.122. The van der Waals surface area contributed by atoms with Gasteiger partial charge in [-0.1, -0.05) is 24.3 Å². The zero-order valence-electron chi connectivity index (χ0n) is 21.7. The molecule has 0 spiro atoms. The molecule has 2 aliphatic heterocycles. The Morgan fingerprint density at radius 3 is 2.64 bits per heavy atom. The van der Waals surface area contributed by atoms with E-state index < -0.39 is 10.0 Å². The van der Waals surface area contributed by atoms with Crippen molar-refractivity contribution in [1.82, 2.24) is 15.0 Å². The Morgan fingerprint density at radius 1 is 1.03 bits per heavy atom. The maximum Gasteiger partial charge on any atom is 0.236 e. The van der Waals surface area contributed by atoms with Crippen LogP contribution in [0.5, 0.6) is 0 Å². The number of hydrogen-bond acceptors (Lipinski definition) is 8. The van der Waals surface area contributed by atoms with E-state index >= 15 is 0 Å². The largest absolute Gasteiger partial charge is 0.378 e. The highest BCUT2D eigenvalue weighted by molar-refractivity contribution is 7.91. The second kappa shape index (κ2) is 10.8. The molecule has 0 radical (unpaired) electrons. The number of nitrogens with one attached hydrogen (secondary N) is 2. The zero-order valence-corrected chi connectivity index (χ0v) is 22.5.